The van der Waals surface area contributed by atoms with Crippen LogP contribution in [0, 0.1) is 0 Å². The van der Waals surface area contributed by atoms with Gasteiger partial charge in [0.05, 0.1) is 6.61 Å². The lowest BCUT2D eigenvalue weighted by Crippen LogP contribution is -2.66. The number of fused-ring (bicyclic) bond motifs is 4. The third-order valence-corrected chi connectivity index (χ3v) is 7.06. The monoisotopic (exact) mass is 443 g/mol. The molecule has 3 aromatic rings. The van der Waals surface area contributed by atoms with Gasteiger partial charge in [0, 0.05) is 30.3 Å². The number of pyridine rings is 1. The molecular weight excluding hydrogens is 418 g/mol. The Bertz CT molecular complexity index is 1270. The zero-order valence-corrected chi connectivity index (χ0v) is 18.1. The van der Waals surface area contributed by atoms with Gasteiger partial charge in [0.1, 0.15) is 18.0 Å². The Balaban J connectivity index is 1.64. The van der Waals surface area contributed by atoms with Gasteiger partial charge >= 0.3 is 0 Å². The van der Waals surface area contributed by atoms with Gasteiger partial charge in [-0.1, -0.05) is 48.5 Å². The maximum Gasteiger partial charge on any atom is 0.278 e. The van der Waals surface area contributed by atoms with E-state index in [0.29, 0.717) is 13.0 Å². The number of rotatable bonds is 2. The molecule has 1 saturated carbocycles. The highest BCUT2D eigenvalue weighted by atomic mass is 16.5. The molecule has 1 aromatic heterocycles. The number of hydrogen-bond acceptors (Lipinski definition) is 5. The molecule has 7 heteroatoms. The number of benzene rings is 2. The summed E-state index contributed by atoms with van der Waals surface area (Å²) in [5, 5.41) is 12.9. The Morgan fingerprint density at radius 1 is 0.909 bits per heavy atom. The number of hydrogen-bond donors (Lipinski definition) is 1. The topological polar surface area (TPSA) is 75.0 Å². The van der Waals surface area contributed by atoms with Gasteiger partial charge in [0.2, 0.25) is 5.43 Å². The van der Waals surface area contributed by atoms with Crippen molar-refractivity contribution in [2.24, 2.45) is 0 Å². The lowest BCUT2D eigenvalue weighted by atomic mass is 9.89. The van der Waals surface area contributed by atoms with Crippen molar-refractivity contribution in [3.63, 3.8) is 0 Å². The lowest BCUT2D eigenvalue weighted by molar-refractivity contribution is 0.0213. The van der Waals surface area contributed by atoms with Gasteiger partial charge in [-0.3, -0.25) is 19.3 Å². The van der Waals surface area contributed by atoms with Crippen molar-refractivity contribution in [2.75, 3.05) is 11.6 Å². The predicted molar refractivity (Wildman–Crippen MR) is 123 cm³/mol. The third kappa shape index (κ3) is 3.03. The summed E-state index contributed by atoms with van der Waals surface area (Å²) in [7, 11) is 0. The number of ether oxygens (including phenoxy) is 1. The molecule has 33 heavy (non-hydrogen) atoms. The highest BCUT2D eigenvalue weighted by molar-refractivity contribution is 5.96. The maximum atomic E-state index is 13.7. The summed E-state index contributed by atoms with van der Waals surface area (Å²) in [5.74, 6) is 0.00390. The Hall–Kier alpha value is -3.74. The largest absolute Gasteiger partial charge is 0.502 e. The van der Waals surface area contributed by atoms with Gasteiger partial charge in [0.25, 0.3) is 5.91 Å². The van der Waals surface area contributed by atoms with Crippen LogP contribution in [0.25, 0.3) is 0 Å². The molecule has 0 saturated heterocycles. The Morgan fingerprint density at radius 3 is 2.42 bits per heavy atom. The van der Waals surface area contributed by atoms with E-state index in [0.717, 1.165) is 36.1 Å². The van der Waals surface area contributed by atoms with E-state index in [1.54, 1.807) is 10.9 Å². The first-order valence-electron chi connectivity index (χ1n) is 11.5. The van der Waals surface area contributed by atoms with E-state index in [1.165, 1.54) is 6.07 Å². The van der Waals surface area contributed by atoms with Crippen molar-refractivity contribution in [3.05, 3.63) is 93.9 Å². The summed E-state index contributed by atoms with van der Waals surface area (Å²) in [6, 6.07) is 19.2. The first-order chi connectivity index (χ1) is 16.1. The Morgan fingerprint density at radius 2 is 1.67 bits per heavy atom. The first kappa shape index (κ1) is 19.9. The summed E-state index contributed by atoms with van der Waals surface area (Å²) in [4.78, 5) is 27.9. The van der Waals surface area contributed by atoms with Crippen molar-refractivity contribution in [1.82, 2.24) is 9.58 Å². The van der Waals surface area contributed by atoms with Crippen molar-refractivity contribution in [2.45, 2.75) is 43.9 Å². The summed E-state index contributed by atoms with van der Waals surface area (Å²) in [6.07, 6.45) is 4.84. The smallest absolute Gasteiger partial charge is 0.278 e. The van der Waals surface area contributed by atoms with E-state index in [4.69, 9.17) is 4.74 Å². The average molecular weight is 444 g/mol. The minimum atomic E-state index is -0.548. The minimum Gasteiger partial charge on any atom is -0.502 e. The lowest BCUT2D eigenvalue weighted by Gasteiger charge is -2.54. The maximum absolute atomic E-state index is 13.7. The van der Waals surface area contributed by atoms with Gasteiger partial charge in [-0.15, -0.1) is 0 Å². The number of para-hydroxylation sites is 1. The number of carbonyl (C=O) groups is 1. The fraction of sp³-hybridized carbons (Fsp3) is 0.308. The zero-order valence-electron chi connectivity index (χ0n) is 18.1. The second-order valence-electron chi connectivity index (χ2n) is 8.87. The first-order valence-corrected chi connectivity index (χ1v) is 11.5. The van der Waals surface area contributed by atoms with E-state index in [2.05, 4.69) is 17.1 Å². The highest BCUT2D eigenvalue weighted by Gasteiger charge is 2.47. The van der Waals surface area contributed by atoms with Crippen LogP contribution in [-0.2, 0) is 0 Å². The molecule has 1 aliphatic carbocycles. The van der Waals surface area contributed by atoms with E-state index in [-0.39, 0.29) is 29.9 Å². The number of carbonyl (C=O) groups excluding carboxylic acids is 1. The quantitative estimate of drug-likeness (QED) is 0.657. The van der Waals surface area contributed by atoms with Crippen LogP contribution in [-0.4, -0.2) is 39.4 Å². The summed E-state index contributed by atoms with van der Waals surface area (Å²) >= 11 is 0. The normalized spacial score (nSPS) is 22.2. The van der Waals surface area contributed by atoms with Crippen LogP contribution in [0.3, 0.4) is 0 Å². The molecule has 168 valence electrons. The van der Waals surface area contributed by atoms with Crippen molar-refractivity contribution in [1.29, 1.82) is 0 Å². The zero-order chi connectivity index (χ0) is 22.5. The van der Waals surface area contributed by atoms with Crippen LogP contribution < -0.4 is 15.2 Å². The van der Waals surface area contributed by atoms with Crippen molar-refractivity contribution < 1.29 is 14.6 Å². The Kier molecular flexibility index (Phi) is 4.64. The van der Waals surface area contributed by atoms with E-state index < -0.39 is 11.2 Å². The van der Waals surface area contributed by atoms with Crippen LogP contribution >= 0.6 is 0 Å². The number of amides is 1. The molecule has 1 fully saturated rings. The SMILES string of the molecule is O=C1c2c(O)c(=O)ccn2N2C(c3ccccc3)c3ccccc3OCCC2N1C1CCC1. The molecule has 7 nitrogen and oxygen atoms in total. The molecule has 2 aliphatic heterocycles. The van der Waals surface area contributed by atoms with Gasteiger partial charge in [-0.2, -0.15) is 0 Å². The van der Waals surface area contributed by atoms with Crippen LogP contribution in [0.4, 0.5) is 0 Å². The number of aromatic nitrogens is 1. The van der Waals surface area contributed by atoms with E-state index in [1.807, 2.05) is 47.4 Å². The Labute approximate surface area is 191 Å². The van der Waals surface area contributed by atoms with Gasteiger partial charge in [-0.25, -0.2) is 0 Å². The summed E-state index contributed by atoms with van der Waals surface area (Å²) in [5.41, 5.74) is 1.49. The van der Waals surface area contributed by atoms with Crippen LogP contribution in [0.5, 0.6) is 11.5 Å². The van der Waals surface area contributed by atoms with Gasteiger partial charge in [0.15, 0.2) is 11.4 Å². The fourth-order valence-electron chi connectivity index (χ4n) is 5.30. The second-order valence-corrected chi connectivity index (χ2v) is 8.87. The molecule has 0 spiro atoms. The molecule has 2 atom stereocenters. The molecule has 3 heterocycles. The molecule has 6 rings (SSSR count). The predicted octanol–water partition coefficient (Wildman–Crippen LogP) is 3.40. The second kappa shape index (κ2) is 7.69. The average Bonchev–Trinajstić information content (AvgIpc) is 2.79. The van der Waals surface area contributed by atoms with E-state index in [9.17, 15) is 14.7 Å². The standard InChI is InChI=1S/C26H25N3O4/c30-20-13-15-27-24(25(20)31)26(32)28(18-9-6-10-18)22-14-16-33-21-12-5-4-11-19(21)23(29(22)27)17-7-2-1-3-8-17/h1-5,7-8,11-13,15,18,22-23,31H,6,9-10,14,16H2. The highest BCUT2D eigenvalue weighted by Crippen LogP contribution is 2.42. The number of nitrogens with zero attached hydrogens (tertiary/aromatic N) is 3. The molecule has 0 bridgehead atoms. The fourth-order valence-corrected chi connectivity index (χ4v) is 5.30. The molecule has 1 amide bonds. The molecule has 2 unspecified atom stereocenters. The molecule has 3 aliphatic rings. The molecule has 0 radical (unpaired) electrons. The van der Waals surface area contributed by atoms with Crippen molar-refractivity contribution >= 4 is 5.91 Å². The molecule has 2 aromatic carbocycles. The van der Waals surface area contributed by atoms with Crippen molar-refractivity contribution in [3.8, 4) is 11.5 Å². The summed E-state index contributed by atoms with van der Waals surface area (Å²) < 4.78 is 7.89. The molecule has 1 N–H and O–H groups in total. The van der Waals surface area contributed by atoms with E-state index >= 15 is 0 Å². The van der Waals surface area contributed by atoms with Gasteiger partial charge < -0.3 is 14.7 Å². The third-order valence-electron chi connectivity index (χ3n) is 7.06. The minimum absolute atomic E-state index is 0.0329. The van der Waals surface area contributed by atoms with Crippen LogP contribution in [0.2, 0.25) is 0 Å². The summed E-state index contributed by atoms with van der Waals surface area (Å²) in [6.45, 7) is 0.456. The molecular formula is C26H25N3O4. The number of aromatic hydroxyl groups is 1. The van der Waals surface area contributed by atoms with Crippen LogP contribution in [0.1, 0.15) is 53.3 Å². The van der Waals surface area contributed by atoms with Crippen LogP contribution in [0.15, 0.2) is 71.7 Å². The van der Waals surface area contributed by atoms with Gasteiger partial charge in [-0.05, 0) is 30.9 Å².